The number of benzene rings is 2. The van der Waals surface area contributed by atoms with Gasteiger partial charge in [-0.1, -0.05) is 18.2 Å². The molecule has 1 fully saturated rings. The lowest BCUT2D eigenvalue weighted by molar-refractivity contribution is 0.0598. The summed E-state index contributed by atoms with van der Waals surface area (Å²) in [5.41, 5.74) is 3.66. The first-order chi connectivity index (χ1) is 14.7. The molecule has 0 spiro atoms. The Morgan fingerprint density at radius 1 is 1.00 bits per heavy atom. The molecule has 2 aromatic carbocycles. The van der Waals surface area contributed by atoms with Crippen molar-refractivity contribution in [3.8, 4) is 5.75 Å². The fraction of sp³-hybridized carbons (Fsp3) is 0.240. The van der Waals surface area contributed by atoms with Gasteiger partial charge in [-0.3, -0.25) is 14.8 Å². The van der Waals surface area contributed by atoms with Crippen LogP contribution >= 0.6 is 0 Å². The van der Waals surface area contributed by atoms with E-state index in [4.69, 9.17) is 4.74 Å². The Labute approximate surface area is 175 Å². The average Bonchev–Trinajstić information content (AvgIpc) is 2.79. The molecule has 0 atom stereocenters. The van der Waals surface area contributed by atoms with Crippen molar-refractivity contribution in [2.24, 2.45) is 0 Å². The molecule has 1 saturated heterocycles. The first-order valence-corrected chi connectivity index (χ1v) is 10.3. The maximum Gasteiger partial charge on any atom is 0.253 e. The lowest BCUT2D eigenvalue weighted by atomic mass is 10.0. The van der Waals surface area contributed by atoms with Crippen LogP contribution in [-0.2, 0) is 0 Å². The summed E-state index contributed by atoms with van der Waals surface area (Å²) >= 11 is 0. The molecule has 0 unspecified atom stereocenters. The minimum absolute atomic E-state index is 0.0745. The van der Waals surface area contributed by atoms with Crippen LogP contribution in [0.2, 0.25) is 0 Å². The van der Waals surface area contributed by atoms with Crippen LogP contribution in [0.3, 0.4) is 0 Å². The number of hydrogen-bond donors (Lipinski definition) is 0. The summed E-state index contributed by atoms with van der Waals surface area (Å²) in [5, 5.41) is 2.11. The number of hydrogen-bond acceptors (Lipinski definition) is 4. The smallest absolute Gasteiger partial charge is 0.253 e. The zero-order chi connectivity index (χ0) is 20.5. The molecule has 3 heterocycles. The van der Waals surface area contributed by atoms with Crippen molar-refractivity contribution in [1.29, 1.82) is 0 Å². The van der Waals surface area contributed by atoms with E-state index in [9.17, 15) is 4.79 Å². The number of para-hydroxylation sites is 1. The number of likely N-dealkylation sites (tertiary alicyclic amines) is 1. The Bertz CT molecular complexity index is 1220. The third-order valence-corrected chi connectivity index (χ3v) is 5.83. The van der Waals surface area contributed by atoms with Crippen molar-refractivity contribution in [2.75, 3.05) is 13.1 Å². The molecule has 0 saturated carbocycles. The summed E-state index contributed by atoms with van der Waals surface area (Å²) in [4.78, 5) is 23.8. The monoisotopic (exact) mass is 397 g/mol. The van der Waals surface area contributed by atoms with Crippen molar-refractivity contribution in [3.63, 3.8) is 0 Å². The van der Waals surface area contributed by atoms with Gasteiger partial charge < -0.3 is 9.64 Å². The number of aromatic nitrogens is 2. The van der Waals surface area contributed by atoms with Gasteiger partial charge in [-0.25, -0.2) is 0 Å². The third kappa shape index (κ3) is 3.47. The van der Waals surface area contributed by atoms with Crippen LogP contribution in [0.4, 0.5) is 0 Å². The number of carbonyl (C=O) groups excluding carboxylic acids is 1. The van der Waals surface area contributed by atoms with Crippen LogP contribution in [-0.4, -0.2) is 40.0 Å². The normalized spacial score (nSPS) is 14.9. The molecule has 1 aliphatic rings. The molecule has 0 N–H and O–H groups in total. The highest BCUT2D eigenvalue weighted by Gasteiger charge is 2.25. The predicted octanol–water partition coefficient (Wildman–Crippen LogP) is 4.78. The van der Waals surface area contributed by atoms with E-state index >= 15 is 0 Å². The summed E-state index contributed by atoms with van der Waals surface area (Å²) < 4.78 is 6.27. The maximum atomic E-state index is 13.0. The van der Waals surface area contributed by atoms with Crippen molar-refractivity contribution in [3.05, 3.63) is 78.1 Å². The van der Waals surface area contributed by atoms with Crippen molar-refractivity contribution < 1.29 is 9.53 Å². The summed E-state index contributed by atoms with van der Waals surface area (Å²) in [7, 11) is 0. The van der Waals surface area contributed by atoms with Crippen LogP contribution in [0.1, 0.15) is 28.8 Å². The quantitative estimate of drug-likeness (QED) is 0.499. The van der Waals surface area contributed by atoms with Crippen LogP contribution in [0, 0.1) is 6.92 Å². The Hall–Kier alpha value is -3.47. The number of aryl methyl sites for hydroxylation is 1. The molecule has 5 nitrogen and oxygen atoms in total. The van der Waals surface area contributed by atoms with Gasteiger partial charge in [0, 0.05) is 54.7 Å². The lowest BCUT2D eigenvalue weighted by Crippen LogP contribution is -2.41. The standard InChI is InChI=1S/C25H23N3O2/c1-17-9-13-26-22-8-7-19(16-21(17)22)25(29)28-14-10-20(11-15-28)30-23-6-2-4-18-5-3-12-27-24(18)23/h2-9,12-13,16,20H,10-11,14-15H2,1H3. The molecule has 0 aliphatic carbocycles. The van der Waals surface area contributed by atoms with E-state index < -0.39 is 0 Å². The molecular formula is C25H23N3O2. The van der Waals surface area contributed by atoms with Gasteiger partial charge in [0.05, 0.1) is 5.52 Å². The van der Waals surface area contributed by atoms with Crippen LogP contribution in [0.25, 0.3) is 21.8 Å². The summed E-state index contributed by atoms with van der Waals surface area (Å²) in [6, 6.07) is 17.7. The number of pyridine rings is 2. The Morgan fingerprint density at radius 2 is 1.83 bits per heavy atom. The Balaban J connectivity index is 1.28. The first kappa shape index (κ1) is 18.6. The molecule has 5 heteroatoms. The molecule has 5 rings (SSSR count). The van der Waals surface area contributed by atoms with Gasteiger partial charge in [-0.15, -0.1) is 0 Å². The molecular weight excluding hydrogens is 374 g/mol. The molecule has 1 aliphatic heterocycles. The minimum atomic E-state index is 0.0745. The second kappa shape index (κ2) is 7.75. The van der Waals surface area contributed by atoms with Crippen LogP contribution < -0.4 is 4.74 Å². The van der Waals surface area contributed by atoms with E-state index in [0.29, 0.717) is 13.1 Å². The summed E-state index contributed by atoms with van der Waals surface area (Å²) in [6.07, 6.45) is 5.29. The van der Waals surface area contributed by atoms with Crippen molar-refractivity contribution in [2.45, 2.75) is 25.9 Å². The Kier molecular flexibility index (Phi) is 4.79. The topological polar surface area (TPSA) is 55.3 Å². The van der Waals surface area contributed by atoms with E-state index in [1.165, 1.54) is 0 Å². The molecule has 1 amide bonds. The summed E-state index contributed by atoms with van der Waals surface area (Å²) in [6.45, 7) is 3.42. The third-order valence-electron chi connectivity index (χ3n) is 5.83. The first-order valence-electron chi connectivity index (χ1n) is 10.3. The molecule has 4 aromatic rings. The lowest BCUT2D eigenvalue weighted by Gasteiger charge is -2.32. The molecule has 2 aromatic heterocycles. The predicted molar refractivity (Wildman–Crippen MR) is 118 cm³/mol. The second-order valence-corrected chi connectivity index (χ2v) is 7.80. The molecule has 30 heavy (non-hydrogen) atoms. The molecule has 0 bridgehead atoms. The van der Waals surface area contributed by atoms with E-state index in [1.54, 1.807) is 12.4 Å². The minimum Gasteiger partial charge on any atom is -0.488 e. The van der Waals surface area contributed by atoms with Crippen molar-refractivity contribution in [1.82, 2.24) is 14.9 Å². The highest BCUT2D eigenvalue weighted by Crippen LogP contribution is 2.27. The molecule has 0 radical (unpaired) electrons. The highest BCUT2D eigenvalue weighted by atomic mass is 16.5. The van der Waals surface area contributed by atoms with Gasteiger partial charge in [0.25, 0.3) is 5.91 Å². The van der Waals surface area contributed by atoms with Gasteiger partial charge in [-0.05, 0) is 48.9 Å². The van der Waals surface area contributed by atoms with E-state index in [1.807, 2.05) is 66.4 Å². The number of ether oxygens (including phenoxy) is 1. The zero-order valence-electron chi connectivity index (χ0n) is 16.9. The second-order valence-electron chi connectivity index (χ2n) is 7.80. The van der Waals surface area contributed by atoms with Crippen LogP contribution in [0.5, 0.6) is 5.75 Å². The van der Waals surface area contributed by atoms with E-state index in [0.717, 1.165) is 51.5 Å². The van der Waals surface area contributed by atoms with Gasteiger partial charge in [0.1, 0.15) is 17.4 Å². The summed E-state index contributed by atoms with van der Waals surface area (Å²) in [5.74, 6) is 0.890. The van der Waals surface area contributed by atoms with E-state index in [2.05, 4.69) is 9.97 Å². The van der Waals surface area contributed by atoms with E-state index in [-0.39, 0.29) is 12.0 Å². The van der Waals surface area contributed by atoms with Gasteiger partial charge >= 0.3 is 0 Å². The number of piperidine rings is 1. The zero-order valence-corrected chi connectivity index (χ0v) is 16.9. The SMILES string of the molecule is Cc1ccnc2ccc(C(=O)N3CCC(Oc4cccc5cccnc45)CC3)cc12. The number of amides is 1. The number of rotatable bonds is 3. The Morgan fingerprint density at radius 3 is 2.70 bits per heavy atom. The molecule has 150 valence electrons. The maximum absolute atomic E-state index is 13.0. The van der Waals surface area contributed by atoms with Gasteiger partial charge in [0.2, 0.25) is 0 Å². The largest absolute Gasteiger partial charge is 0.488 e. The van der Waals surface area contributed by atoms with Crippen molar-refractivity contribution >= 4 is 27.7 Å². The number of nitrogens with zero attached hydrogens (tertiary/aromatic N) is 3. The number of fused-ring (bicyclic) bond motifs is 2. The van der Waals surface area contributed by atoms with Gasteiger partial charge in [-0.2, -0.15) is 0 Å². The van der Waals surface area contributed by atoms with Crippen LogP contribution in [0.15, 0.2) is 67.0 Å². The number of carbonyl (C=O) groups is 1. The van der Waals surface area contributed by atoms with Gasteiger partial charge in [0.15, 0.2) is 0 Å². The fourth-order valence-electron chi connectivity index (χ4n) is 4.13. The fourth-order valence-corrected chi connectivity index (χ4v) is 4.13. The average molecular weight is 397 g/mol. The highest BCUT2D eigenvalue weighted by molar-refractivity contribution is 5.98.